The summed E-state index contributed by atoms with van der Waals surface area (Å²) in [6.45, 7) is 4.58. The van der Waals surface area contributed by atoms with Crippen LogP contribution in [-0.4, -0.2) is 38.0 Å². The van der Waals surface area contributed by atoms with E-state index < -0.39 is 28.0 Å². The monoisotopic (exact) mass is 342 g/mol. The molecule has 1 aliphatic heterocycles. The summed E-state index contributed by atoms with van der Waals surface area (Å²) in [5.74, 6) is -1.76. The number of rotatable bonds is 5. The zero-order valence-corrected chi connectivity index (χ0v) is 13.7. The first-order valence-corrected chi connectivity index (χ1v) is 8.42. The SMILES string of the molecule is Cc1cc2c(cc1S(=O)(=O)N[C@@H](C(=O)O)C(C)C)OCC(=O)N2. The van der Waals surface area contributed by atoms with Crippen molar-refractivity contribution in [2.75, 3.05) is 11.9 Å². The van der Waals surface area contributed by atoms with E-state index in [-0.39, 0.29) is 23.2 Å². The van der Waals surface area contributed by atoms with Crippen LogP contribution >= 0.6 is 0 Å². The van der Waals surface area contributed by atoms with Gasteiger partial charge in [0.1, 0.15) is 11.8 Å². The topological polar surface area (TPSA) is 122 Å². The lowest BCUT2D eigenvalue weighted by Crippen LogP contribution is -2.44. The van der Waals surface area contributed by atoms with Gasteiger partial charge in [0, 0.05) is 6.07 Å². The zero-order chi connectivity index (χ0) is 17.4. The van der Waals surface area contributed by atoms with Crippen molar-refractivity contribution in [1.82, 2.24) is 4.72 Å². The van der Waals surface area contributed by atoms with Crippen LogP contribution < -0.4 is 14.8 Å². The van der Waals surface area contributed by atoms with E-state index in [1.165, 1.54) is 12.1 Å². The number of benzene rings is 1. The van der Waals surface area contributed by atoms with Gasteiger partial charge < -0.3 is 15.2 Å². The summed E-state index contributed by atoms with van der Waals surface area (Å²) in [4.78, 5) is 22.4. The summed E-state index contributed by atoms with van der Waals surface area (Å²) in [5, 5.41) is 11.7. The molecule has 1 aromatic carbocycles. The fourth-order valence-corrected chi connectivity index (χ4v) is 3.79. The van der Waals surface area contributed by atoms with Crippen molar-refractivity contribution in [2.24, 2.45) is 5.92 Å². The maximum Gasteiger partial charge on any atom is 0.322 e. The van der Waals surface area contributed by atoms with Crippen molar-refractivity contribution < 1.29 is 27.9 Å². The van der Waals surface area contributed by atoms with Crippen LogP contribution in [0.25, 0.3) is 0 Å². The molecule has 0 bridgehead atoms. The smallest absolute Gasteiger partial charge is 0.322 e. The molecule has 23 heavy (non-hydrogen) atoms. The van der Waals surface area contributed by atoms with E-state index in [0.717, 1.165) is 0 Å². The molecule has 8 nitrogen and oxygen atoms in total. The zero-order valence-electron chi connectivity index (χ0n) is 12.9. The van der Waals surface area contributed by atoms with Gasteiger partial charge in [0.25, 0.3) is 5.91 Å². The van der Waals surface area contributed by atoms with Gasteiger partial charge in [0.2, 0.25) is 10.0 Å². The summed E-state index contributed by atoms with van der Waals surface area (Å²) >= 11 is 0. The summed E-state index contributed by atoms with van der Waals surface area (Å²) in [5.41, 5.74) is 0.756. The van der Waals surface area contributed by atoms with Crippen molar-refractivity contribution >= 4 is 27.6 Å². The Bertz CT molecular complexity index is 757. The molecule has 1 atom stereocenters. The average Bonchev–Trinajstić information content (AvgIpc) is 2.43. The van der Waals surface area contributed by atoms with Crippen molar-refractivity contribution in [2.45, 2.75) is 31.7 Å². The lowest BCUT2D eigenvalue weighted by molar-refractivity contribution is -0.140. The number of carbonyl (C=O) groups excluding carboxylic acids is 1. The number of hydrogen-bond donors (Lipinski definition) is 3. The molecule has 0 aromatic heterocycles. The van der Waals surface area contributed by atoms with Gasteiger partial charge >= 0.3 is 5.97 Å². The van der Waals surface area contributed by atoms with Crippen LogP contribution in [0.3, 0.4) is 0 Å². The molecule has 0 unspecified atom stereocenters. The quantitative estimate of drug-likeness (QED) is 0.724. The Morgan fingerprint density at radius 2 is 2.04 bits per heavy atom. The van der Waals surface area contributed by atoms with Crippen LogP contribution in [0.15, 0.2) is 17.0 Å². The molecule has 0 spiro atoms. The average molecular weight is 342 g/mol. The van der Waals surface area contributed by atoms with Gasteiger partial charge in [-0.3, -0.25) is 9.59 Å². The summed E-state index contributed by atoms with van der Waals surface area (Å²) in [7, 11) is -4.05. The number of anilines is 1. The second-order valence-corrected chi connectivity index (χ2v) is 7.31. The minimum atomic E-state index is -4.05. The van der Waals surface area contributed by atoms with Crippen molar-refractivity contribution in [3.63, 3.8) is 0 Å². The summed E-state index contributed by atoms with van der Waals surface area (Å²) < 4.78 is 32.4. The molecule has 0 saturated heterocycles. The molecular formula is C14H18N2O6S. The van der Waals surface area contributed by atoms with Gasteiger partial charge in [0.05, 0.1) is 10.6 Å². The van der Waals surface area contributed by atoms with E-state index in [9.17, 15) is 18.0 Å². The predicted molar refractivity (Wildman–Crippen MR) is 81.9 cm³/mol. The third-order valence-electron chi connectivity index (χ3n) is 3.41. The Morgan fingerprint density at radius 1 is 1.39 bits per heavy atom. The highest BCUT2D eigenvalue weighted by Gasteiger charge is 2.30. The normalized spacial score (nSPS) is 15.6. The molecule has 0 saturated carbocycles. The highest BCUT2D eigenvalue weighted by atomic mass is 32.2. The summed E-state index contributed by atoms with van der Waals surface area (Å²) in [6.07, 6.45) is 0. The third-order valence-corrected chi connectivity index (χ3v) is 5.00. The number of carbonyl (C=O) groups is 2. The fourth-order valence-electron chi connectivity index (χ4n) is 2.21. The molecule has 9 heteroatoms. The Morgan fingerprint density at radius 3 is 2.61 bits per heavy atom. The van der Waals surface area contributed by atoms with Crippen LogP contribution in [0, 0.1) is 12.8 Å². The number of nitrogens with one attached hydrogen (secondary N) is 2. The number of amides is 1. The van der Waals surface area contributed by atoms with Crippen molar-refractivity contribution in [1.29, 1.82) is 0 Å². The lowest BCUT2D eigenvalue weighted by atomic mass is 10.1. The van der Waals surface area contributed by atoms with Gasteiger partial charge in [0.15, 0.2) is 6.61 Å². The number of fused-ring (bicyclic) bond motifs is 1. The highest BCUT2D eigenvalue weighted by molar-refractivity contribution is 7.89. The van der Waals surface area contributed by atoms with E-state index in [1.54, 1.807) is 20.8 Å². The Balaban J connectivity index is 2.40. The number of carboxylic acids is 1. The van der Waals surface area contributed by atoms with E-state index >= 15 is 0 Å². The first kappa shape index (κ1) is 17.2. The predicted octanol–water partition coefficient (Wildman–Crippen LogP) is 0.713. The largest absolute Gasteiger partial charge is 0.482 e. The van der Waals surface area contributed by atoms with Crippen LogP contribution in [0.2, 0.25) is 0 Å². The molecule has 1 heterocycles. The third kappa shape index (κ3) is 3.62. The Hall–Kier alpha value is -2.13. The Labute approximate surface area is 133 Å². The highest BCUT2D eigenvalue weighted by Crippen LogP contribution is 2.33. The van der Waals surface area contributed by atoms with Gasteiger partial charge in [-0.15, -0.1) is 0 Å². The maximum atomic E-state index is 12.5. The van der Waals surface area contributed by atoms with E-state index in [1.807, 2.05) is 0 Å². The molecule has 3 N–H and O–H groups in total. The van der Waals surface area contributed by atoms with Crippen LogP contribution in [0.5, 0.6) is 5.75 Å². The van der Waals surface area contributed by atoms with Crippen LogP contribution in [-0.2, 0) is 19.6 Å². The van der Waals surface area contributed by atoms with Crippen LogP contribution in [0.4, 0.5) is 5.69 Å². The number of hydrogen-bond acceptors (Lipinski definition) is 5. The van der Waals surface area contributed by atoms with E-state index in [0.29, 0.717) is 11.3 Å². The number of aliphatic carboxylic acids is 1. The molecule has 0 aliphatic carbocycles. The fraction of sp³-hybridized carbons (Fsp3) is 0.429. The molecule has 1 aromatic rings. The molecular weight excluding hydrogens is 324 g/mol. The van der Waals surface area contributed by atoms with E-state index in [4.69, 9.17) is 9.84 Å². The second-order valence-electron chi connectivity index (χ2n) is 5.63. The number of sulfonamides is 1. The molecule has 0 fully saturated rings. The second kappa shape index (κ2) is 6.17. The number of aryl methyl sites for hydroxylation is 1. The number of ether oxygens (including phenoxy) is 1. The van der Waals surface area contributed by atoms with E-state index in [2.05, 4.69) is 10.0 Å². The van der Waals surface area contributed by atoms with Gasteiger partial charge in [-0.05, 0) is 24.5 Å². The lowest BCUT2D eigenvalue weighted by Gasteiger charge is -2.22. The molecule has 1 aliphatic rings. The first-order valence-electron chi connectivity index (χ1n) is 6.94. The van der Waals surface area contributed by atoms with Crippen LogP contribution in [0.1, 0.15) is 19.4 Å². The minimum Gasteiger partial charge on any atom is -0.482 e. The minimum absolute atomic E-state index is 0.0840. The number of carboxylic acid groups (broad SMARTS) is 1. The standard InChI is InChI=1S/C14H18N2O6S/c1-7(2)13(14(18)19)16-23(20,21)11-5-10-9(4-8(11)3)15-12(17)6-22-10/h4-5,7,13,16H,6H2,1-3H3,(H,15,17)(H,18,19)/t13-/m1/s1. The van der Waals surface area contributed by atoms with Gasteiger partial charge in [-0.1, -0.05) is 13.8 Å². The maximum absolute atomic E-state index is 12.5. The molecule has 126 valence electrons. The molecule has 0 radical (unpaired) electrons. The summed E-state index contributed by atoms with van der Waals surface area (Å²) in [6, 6.07) is 1.52. The molecule has 2 rings (SSSR count). The van der Waals surface area contributed by atoms with Gasteiger partial charge in [-0.25, -0.2) is 8.42 Å². The molecule has 1 amide bonds. The first-order chi connectivity index (χ1) is 10.6. The van der Waals surface area contributed by atoms with Gasteiger partial charge in [-0.2, -0.15) is 4.72 Å². The Kier molecular flexibility index (Phi) is 4.62. The van der Waals surface area contributed by atoms with Crippen molar-refractivity contribution in [3.8, 4) is 5.75 Å². The van der Waals surface area contributed by atoms with Crippen molar-refractivity contribution in [3.05, 3.63) is 17.7 Å².